The fourth-order valence-corrected chi connectivity index (χ4v) is 1.92. The summed E-state index contributed by atoms with van der Waals surface area (Å²) in [6.07, 6.45) is 8.66. The SMILES string of the molecule is C=CC(C)CCC/C(C)=C\CC(C)(OC(=O)CC)C(=C)C. The van der Waals surface area contributed by atoms with Gasteiger partial charge in [-0.2, -0.15) is 0 Å². The van der Waals surface area contributed by atoms with Crippen LogP contribution in [-0.4, -0.2) is 11.6 Å². The van der Waals surface area contributed by atoms with E-state index in [9.17, 15) is 4.79 Å². The van der Waals surface area contributed by atoms with Gasteiger partial charge in [0.1, 0.15) is 5.60 Å². The smallest absolute Gasteiger partial charge is 0.306 e. The second-order valence-electron chi connectivity index (χ2n) is 6.20. The first kappa shape index (κ1) is 19.7. The molecule has 0 aromatic rings. The van der Waals surface area contributed by atoms with Gasteiger partial charge < -0.3 is 4.74 Å². The first-order chi connectivity index (χ1) is 9.75. The van der Waals surface area contributed by atoms with Crippen molar-refractivity contribution in [2.45, 2.75) is 72.3 Å². The average molecular weight is 292 g/mol. The quantitative estimate of drug-likeness (QED) is 0.387. The van der Waals surface area contributed by atoms with Crippen molar-refractivity contribution in [3.8, 4) is 0 Å². The van der Waals surface area contributed by atoms with Crippen molar-refractivity contribution in [2.75, 3.05) is 0 Å². The maximum absolute atomic E-state index is 11.6. The predicted molar refractivity (Wildman–Crippen MR) is 91.2 cm³/mol. The molecule has 2 nitrogen and oxygen atoms in total. The van der Waals surface area contributed by atoms with Crippen LogP contribution in [0.15, 0.2) is 36.5 Å². The molecule has 0 aromatic heterocycles. The molecule has 0 aliphatic heterocycles. The number of allylic oxidation sites excluding steroid dienone is 2. The third-order valence-corrected chi connectivity index (χ3v) is 4.00. The molecule has 0 aliphatic carbocycles. The van der Waals surface area contributed by atoms with E-state index in [4.69, 9.17) is 4.74 Å². The van der Waals surface area contributed by atoms with E-state index in [0.717, 1.165) is 24.8 Å². The second-order valence-corrected chi connectivity index (χ2v) is 6.20. The monoisotopic (exact) mass is 292 g/mol. The minimum Gasteiger partial charge on any atom is -0.455 e. The largest absolute Gasteiger partial charge is 0.455 e. The van der Waals surface area contributed by atoms with Crippen LogP contribution in [0.25, 0.3) is 0 Å². The van der Waals surface area contributed by atoms with Crippen LogP contribution in [0.3, 0.4) is 0 Å². The van der Waals surface area contributed by atoms with Crippen molar-refractivity contribution in [3.63, 3.8) is 0 Å². The summed E-state index contributed by atoms with van der Waals surface area (Å²) >= 11 is 0. The van der Waals surface area contributed by atoms with Crippen molar-refractivity contribution in [1.29, 1.82) is 0 Å². The van der Waals surface area contributed by atoms with Gasteiger partial charge in [0.2, 0.25) is 0 Å². The van der Waals surface area contributed by atoms with Gasteiger partial charge in [-0.05, 0) is 51.5 Å². The molecule has 0 aliphatic rings. The zero-order chi connectivity index (χ0) is 16.5. The predicted octanol–water partition coefficient (Wildman–Crippen LogP) is 5.60. The Morgan fingerprint density at radius 3 is 2.48 bits per heavy atom. The molecular formula is C19H32O2. The Balaban J connectivity index is 4.51. The Labute approximate surface area is 131 Å². The van der Waals surface area contributed by atoms with Gasteiger partial charge in [0.05, 0.1) is 0 Å². The Kier molecular flexibility index (Phi) is 9.00. The number of ether oxygens (including phenoxy) is 1. The first-order valence-electron chi connectivity index (χ1n) is 7.91. The molecule has 0 aromatic carbocycles. The van der Waals surface area contributed by atoms with E-state index >= 15 is 0 Å². The zero-order valence-electron chi connectivity index (χ0n) is 14.5. The van der Waals surface area contributed by atoms with Gasteiger partial charge in [-0.1, -0.05) is 38.2 Å². The summed E-state index contributed by atoms with van der Waals surface area (Å²) in [6.45, 7) is 17.8. The third kappa shape index (κ3) is 7.89. The Hall–Kier alpha value is -1.31. The molecule has 2 unspecified atom stereocenters. The van der Waals surface area contributed by atoms with Crippen molar-refractivity contribution < 1.29 is 9.53 Å². The molecule has 0 N–H and O–H groups in total. The van der Waals surface area contributed by atoms with Gasteiger partial charge in [0.15, 0.2) is 0 Å². The molecule has 0 spiro atoms. The Morgan fingerprint density at radius 2 is 2.00 bits per heavy atom. The molecular weight excluding hydrogens is 260 g/mol. The minimum absolute atomic E-state index is 0.175. The lowest BCUT2D eigenvalue weighted by Crippen LogP contribution is -2.32. The molecule has 2 heteroatoms. The van der Waals surface area contributed by atoms with Crippen LogP contribution in [0.5, 0.6) is 0 Å². The zero-order valence-corrected chi connectivity index (χ0v) is 14.5. The molecule has 0 amide bonds. The molecule has 0 heterocycles. The first-order valence-corrected chi connectivity index (χ1v) is 7.91. The van der Waals surface area contributed by atoms with Gasteiger partial charge in [-0.25, -0.2) is 0 Å². The third-order valence-electron chi connectivity index (χ3n) is 4.00. The number of hydrogen-bond donors (Lipinski definition) is 0. The average Bonchev–Trinajstić information content (AvgIpc) is 2.44. The fraction of sp³-hybridized carbons (Fsp3) is 0.632. The molecule has 0 rings (SSSR count). The highest BCUT2D eigenvalue weighted by Gasteiger charge is 2.28. The second kappa shape index (κ2) is 9.59. The molecule has 0 saturated heterocycles. The highest BCUT2D eigenvalue weighted by atomic mass is 16.6. The summed E-state index contributed by atoms with van der Waals surface area (Å²) in [7, 11) is 0. The van der Waals surface area contributed by atoms with Crippen LogP contribution in [0.1, 0.15) is 66.7 Å². The number of carbonyl (C=O) groups excluding carboxylic acids is 1. The molecule has 21 heavy (non-hydrogen) atoms. The number of hydrogen-bond acceptors (Lipinski definition) is 2. The van der Waals surface area contributed by atoms with Crippen LogP contribution < -0.4 is 0 Å². The molecule has 0 fully saturated rings. The van der Waals surface area contributed by atoms with E-state index < -0.39 is 5.60 Å². The Bertz CT molecular complexity index is 392. The van der Waals surface area contributed by atoms with E-state index in [1.807, 2.05) is 26.8 Å². The van der Waals surface area contributed by atoms with Crippen LogP contribution in [0.2, 0.25) is 0 Å². The molecule has 0 radical (unpaired) electrons. The van der Waals surface area contributed by atoms with Crippen molar-refractivity contribution in [3.05, 3.63) is 36.5 Å². The fourth-order valence-electron chi connectivity index (χ4n) is 1.92. The van der Waals surface area contributed by atoms with E-state index in [-0.39, 0.29) is 5.97 Å². The standard InChI is InChI=1S/C19H32O2/c1-8-16(5)11-10-12-17(6)13-14-19(7,15(3)4)21-18(20)9-2/h8,13,16H,1,3,9-12,14H2,2,4-7H3/b17-13-. The lowest BCUT2D eigenvalue weighted by molar-refractivity contribution is -0.154. The maximum atomic E-state index is 11.6. The highest BCUT2D eigenvalue weighted by Crippen LogP contribution is 2.26. The number of esters is 1. The van der Waals surface area contributed by atoms with Crippen LogP contribution in [0.4, 0.5) is 0 Å². The van der Waals surface area contributed by atoms with Gasteiger partial charge in [0.25, 0.3) is 0 Å². The summed E-state index contributed by atoms with van der Waals surface area (Å²) in [5.41, 5.74) is 1.63. The van der Waals surface area contributed by atoms with E-state index in [0.29, 0.717) is 18.8 Å². The Morgan fingerprint density at radius 1 is 1.38 bits per heavy atom. The van der Waals surface area contributed by atoms with E-state index in [1.165, 1.54) is 5.57 Å². The molecule has 2 atom stereocenters. The number of carbonyl (C=O) groups is 1. The topological polar surface area (TPSA) is 26.3 Å². The normalized spacial score (nSPS) is 16.0. The molecule has 0 saturated carbocycles. The highest BCUT2D eigenvalue weighted by molar-refractivity contribution is 5.69. The van der Waals surface area contributed by atoms with Gasteiger partial charge >= 0.3 is 5.97 Å². The van der Waals surface area contributed by atoms with Gasteiger partial charge in [0, 0.05) is 12.8 Å². The summed E-state index contributed by atoms with van der Waals surface area (Å²) in [4.78, 5) is 11.6. The molecule has 0 bridgehead atoms. The van der Waals surface area contributed by atoms with E-state index in [2.05, 4.69) is 33.1 Å². The van der Waals surface area contributed by atoms with Crippen LogP contribution >= 0.6 is 0 Å². The maximum Gasteiger partial charge on any atom is 0.306 e. The summed E-state index contributed by atoms with van der Waals surface area (Å²) in [6, 6.07) is 0. The minimum atomic E-state index is -0.594. The van der Waals surface area contributed by atoms with Crippen LogP contribution in [0, 0.1) is 5.92 Å². The van der Waals surface area contributed by atoms with E-state index in [1.54, 1.807) is 0 Å². The van der Waals surface area contributed by atoms with Crippen LogP contribution in [-0.2, 0) is 9.53 Å². The summed E-state index contributed by atoms with van der Waals surface area (Å²) < 4.78 is 5.56. The van der Waals surface area contributed by atoms with Gasteiger partial charge in [-0.3, -0.25) is 4.79 Å². The lowest BCUT2D eigenvalue weighted by Gasteiger charge is -2.29. The van der Waals surface area contributed by atoms with Gasteiger partial charge in [-0.15, -0.1) is 6.58 Å². The van der Waals surface area contributed by atoms with Crippen molar-refractivity contribution in [1.82, 2.24) is 0 Å². The summed E-state index contributed by atoms with van der Waals surface area (Å²) in [5.74, 6) is 0.398. The number of rotatable bonds is 10. The van der Waals surface area contributed by atoms with Crippen molar-refractivity contribution in [2.24, 2.45) is 5.92 Å². The molecule has 120 valence electrons. The lowest BCUT2D eigenvalue weighted by atomic mass is 9.92. The summed E-state index contributed by atoms with van der Waals surface area (Å²) in [5, 5.41) is 0. The van der Waals surface area contributed by atoms with Crippen molar-refractivity contribution >= 4 is 5.97 Å².